The molecule has 0 bridgehead atoms. The molecule has 0 aliphatic rings. The van der Waals surface area contributed by atoms with Gasteiger partial charge in [-0.3, -0.25) is 4.79 Å². The van der Waals surface area contributed by atoms with Crippen molar-refractivity contribution in [2.24, 2.45) is 5.92 Å². The van der Waals surface area contributed by atoms with Gasteiger partial charge in [-0.15, -0.1) is 0 Å². The van der Waals surface area contributed by atoms with Gasteiger partial charge in [0.15, 0.2) is 0 Å². The summed E-state index contributed by atoms with van der Waals surface area (Å²) in [5.41, 5.74) is 0. The van der Waals surface area contributed by atoms with Gasteiger partial charge in [-0.1, -0.05) is 20.3 Å². The number of rotatable bonds is 4. The van der Waals surface area contributed by atoms with Gasteiger partial charge < -0.3 is 4.74 Å². The summed E-state index contributed by atoms with van der Waals surface area (Å²) in [4.78, 5) is 11.0. The Morgan fingerprint density at radius 1 is 1.55 bits per heavy atom. The molecule has 0 spiro atoms. The number of ether oxygens (including phenoxy) is 1. The van der Waals surface area contributed by atoms with E-state index in [9.17, 15) is 4.79 Å². The Kier molecular flexibility index (Phi) is 5.91. The number of halogens is 1. The molecular weight excluding hydrogens is 255 g/mol. The average Bonchev–Trinajstić information content (AvgIpc) is 1.85. The van der Waals surface area contributed by atoms with Gasteiger partial charge in [0, 0.05) is 6.42 Å². The van der Waals surface area contributed by atoms with Crippen molar-refractivity contribution in [3.8, 4) is 0 Å². The maximum atomic E-state index is 11.0. The van der Waals surface area contributed by atoms with Gasteiger partial charge in [0.25, 0.3) is 0 Å². The molecule has 0 aromatic carbocycles. The van der Waals surface area contributed by atoms with Crippen LogP contribution in [0, 0.1) is 5.92 Å². The number of esters is 1. The highest BCUT2D eigenvalue weighted by atomic mass is 127. The van der Waals surface area contributed by atoms with Crippen molar-refractivity contribution in [1.29, 1.82) is 0 Å². The standard InChI is InChI=1S/C8H15IO2/c1-4-6(2)5-8(10)11-7(3)9/h6-7H,4-5H2,1-3H3. The molecule has 0 aliphatic carbocycles. The lowest BCUT2D eigenvalue weighted by Gasteiger charge is -2.09. The minimum atomic E-state index is -0.0822. The highest BCUT2D eigenvalue weighted by Gasteiger charge is 2.09. The van der Waals surface area contributed by atoms with E-state index in [2.05, 4.69) is 36.4 Å². The molecule has 0 aliphatic heterocycles. The molecule has 11 heavy (non-hydrogen) atoms. The molecule has 0 rings (SSSR count). The molecule has 66 valence electrons. The van der Waals surface area contributed by atoms with Gasteiger partial charge in [-0.25, -0.2) is 0 Å². The maximum absolute atomic E-state index is 11.0. The van der Waals surface area contributed by atoms with Crippen molar-refractivity contribution in [2.45, 2.75) is 37.7 Å². The third kappa shape index (κ3) is 6.59. The van der Waals surface area contributed by atoms with Crippen LogP contribution in [0.25, 0.3) is 0 Å². The number of carbonyl (C=O) groups excluding carboxylic acids is 1. The fourth-order valence-electron chi connectivity index (χ4n) is 0.658. The number of alkyl halides is 1. The SMILES string of the molecule is CCC(C)CC(=O)OC(C)I. The molecule has 3 heteroatoms. The van der Waals surface area contributed by atoms with Crippen LogP contribution in [0.2, 0.25) is 0 Å². The zero-order chi connectivity index (χ0) is 8.85. The first-order valence-corrected chi connectivity index (χ1v) is 5.14. The second-order valence-corrected chi connectivity index (χ2v) is 4.50. The highest BCUT2D eigenvalue weighted by Crippen LogP contribution is 2.10. The lowest BCUT2D eigenvalue weighted by molar-refractivity contribution is -0.144. The van der Waals surface area contributed by atoms with Crippen molar-refractivity contribution in [2.75, 3.05) is 0 Å². The topological polar surface area (TPSA) is 26.3 Å². The van der Waals surface area contributed by atoms with E-state index in [0.717, 1.165) is 6.42 Å². The summed E-state index contributed by atoms with van der Waals surface area (Å²) in [6.45, 7) is 5.99. The zero-order valence-electron chi connectivity index (χ0n) is 7.26. The molecule has 0 amide bonds. The van der Waals surface area contributed by atoms with E-state index >= 15 is 0 Å². The van der Waals surface area contributed by atoms with Crippen LogP contribution in [0.3, 0.4) is 0 Å². The maximum Gasteiger partial charge on any atom is 0.307 e. The largest absolute Gasteiger partial charge is 0.452 e. The van der Waals surface area contributed by atoms with Crippen LogP contribution in [0.4, 0.5) is 0 Å². The average molecular weight is 270 g/mol. The molecule has 2 nitrogen and oxygen atoms in total. The molecule has 2 unspecified atom stereocenters. The number of hydrogen-bond donors (Lipinski definition) is 0. The van der Waals surface area contributed by atoms with Gasteiger partial charge in [0.2, 0.25) is 0 Å². The second kappa shape index (κ2) is 5.80. The second-order valence-electron chi connectivity index (χ2n) is 2.75. The quantitative estimate of drug-likeness (QED) is 0.446. The summed E-state index contributed by atoms with van der Waals surface area (Å²) in [6, 6.07) is 0. The van der Waals surface area contributed by atoms with Gasteiger partial charge >= 0.3 is 5.97 Å². The van der Waals surface area contributed by atoms with Crippen molar-refractivity contribution in [1.82, 2.24) is 0 Å². The van der Waals surface area contributed by atoms with Crippen LogP contribution >= 0.6 is 22.6 Å². The summed E-state index contributed by atoms with van der Waals surface area (Å²) in [5.74, 6) is 0.360. The Bertz CT molecular complexity index is 123. The summed E-state index contributed by atoms with van der Waals surface area (Å²) < 4.78 is 4.96. The van der Waals surface area contributed by atoms with Crippen LogP contribution in [0.5, 0.6) is 0 Å². The van der Waals surface area contributed by atoms with E-state index < -0.39 is 0 Å². The van der Waals surface area contributed by atoms with E-state index in [-0.39, 0.29) is 10.1 Å². The van der Waals surface area contributed by atoms with Crippen LogP contribution in [0.1, 0.15) is 33.6 Å². The summed E-state index contributed by atoms with van der Waals surface area (Å²) >= 11 is 2.07. The van der Waals surface area contributed by atoms with Gasteiger partial charge in [0.1, 0.15) is 4.11 Å². The number of hydrogen-bond acceptors (Lipinski definition) is 2. The van der Waals surface area contributed by atoms with Crippen molar-refractivity contribution >= 4 is 28.6 Å². The van der Waals surface area contributed by atoms with E-state index in [1.807, 2.05) is 6.92 Å². The Labute approximate surface area is 81.8 Å². The lowest BCUT2D eigenvalue weighted by atomic mass is 10.1. The van der Waals surface area contributed by atoms with E-state index in [4.69, 9.17) is 4.74 Å². The molecule has 2 atom stereocenters. The zero-order valence-corrected chi connectivity index (χ0v) is 9.42. The first-order valence-electron chi connectivity index (χ1n) is 3.89. The smallest absolute Gasteiger partial charge is 0.307 e. The molecule has 0 N–H and O–H groups in total. The van der Waals surface area contributed by atoms with Gasteiger partial charge in [-0.05, 0) is 35.4 Å². The van der Waals surface area contributed by atoms with Gasteiger partial charge in [0.05, 0.1) is 0 Å². The highest BCUT2D eigenvalue weighted by molar-refractivity contribution is 14.1. The number of carbonyl (C=O) groups is 1. The molecule has 0 aromatic rings. The Balaban J connectivity index is 3.52. The van der Waals surface area contributed by atoms with Gasteiger partial charge in [-0.2, -0.15) is 0 Å². The van der Waals surface area contributed by atoms with Crippen LogP contribution in [0.15, 0.2) is 0 Å². The molecule has 0 saturated carbocycles. The van der Waals surface area contributed by atoms with E-state index in [1.54, 1.807) is 0 Å². The molecule has 0 fully saturated rings. The first kappa shape index (κ1) is 11.2. The van der Waals surface area contributed by atoms with Crippen molar-refractivity contribution in [3.05, 3.63) is 0 Å². The third-order valence-corrected chi connectivity index (χ3v) is 1.76. The van der Waals surface area contributed by atoms with E-state index in [1.165, 1.54) is 0 Å². The minimum absolute atomic E-state index is 0.0100. The molecule has 0 aromatic heterocycles. The van der Waals surface area contributed by atoms with E-state index in [0.29, 0.717) is 12.3 Å². The summed E-state index contributed by atoms with van der Waals surface area (Å²) in [7, 11) is 0. The summed E-state index contributed by atoms with van der Waals surface area (Å²) in [6.07, 6.45) is 1.58. The molecule has 0 saturated heterocycles. The fraction of sp³-hybridized carbons (Fsp3) is 0.875. The summed E-state index contributed by atoms with van der Waals surface area (Å²) in [5, 5.41) is 0. The molecule has 0 radical (unpaired) electrons. The normalized spacial score (nSPS) is 15.6. The molecule has 0 heterocycles. The predicted molar refractivity (Wildman–Crippen MR) is 53.6 cm³/mol. The van der Waals surface area contributed by atoms with Crippen LogP contribution in [-0.2, 0) is 9.53 Å². The van der Waals surface area contributed by atoms with Crippen molar-refractivity contribution < 1.29 is 9.53 Å². The Morgan fingerprint density at radius 3 is 2.45 bits per heavy atom. The minimum Gasteiger partial charge on any atom is -0.452 e. The Morgan fingerprint density at radius 2 is 2.09 bits per heavy atom. The fourth-order valence-corrected chi connectivity index (χ4v) is 0.942. The lowest BCUT2D eigenvalue weighted by Crippen LogP contribution is -2.12. The predicted octanol–water partition coefficient (Wildman–Crippen LogP) is 2.75. The van der Waals surface area contributed by atoms with Crippen LogP contribution in [-0.4, -0.2) is 10.1 Å². The first-order chi connectivity index (χ1) is 5.06. The monoisotopic (exact) mass is 270 g/mol. The van der Waals surface area contributed by atoms with Crippen LogP contribution < -0.4 is 0 Å². The molecular formula is C8H15IO2. The Hall–Kier alpha value is 0.200. The third-order valence-electron chi connectivity index (χ3n) is 1.51. The van der Waals surface area contributed by atoms with Crippen molar-refractivity contribution in [3.63, 3.8) is 0 Å².